The lowest BCUT2D eigenvalue weighted by atomic mass is 10.1. The highest BCUT2D eigenvalue weighted by atomic mass is 16.3. The Bertz CT molecular complexity index is 205. The predicted octanol–water partition coefficient (Wildman–Crippen LogP) is 2.59. The number of hydrogen-bond donors (Lipinski definition) is 2. The van der Waals surface area contributed by atoms with Crippen LogP contribution < -0.4 is 0 Å². The number of aliphatic hydroxyl groups is 2. The molecule has 2 heteroatoms. The molecule has 2 unspecified atom stereocenters. The van der Waals surface area contributed by atoms with Crippen LogP contribution >= 0.6 is 0 Å². The Kier molecular flexibility index (Phi) is 9.13. The minimum atomic E-state index is -0.280. The van der Waals surface area contributed by atoms with E-state index >= 15 is 0 Å². The lowest BCUT2D eigenvalue weighted by Gasteiger charge is -2.04. The molecule has 0 aromatic carbocycles. The maximum Gasteiger partial charge on any atom is 0.0577 e. The van der Waals surface area contributed by atoms with Gasteiger partial charge in [-0.1, -0.05) is 37.0 Å². The quantitative estimate of drug-likeness (QED) is 0.477. The van der Waals surface area contributed by atoms with Crippen molar-refractivity contribution in [3.05, 3.63) is 37.0 Å². The molecule has 2 nitrogen and oxygen atoms in total. The van der Waals surface area contributed by atoms with Gasteiger partial charge in [-0.25, -0.2) is 0 Å². The molecule has 0 aromatic rings. The van der Waals surface area contributed by atoms with Crippen molar-refractivity contribution in [2.45, 2.75) is 44.8 Å². The molecule has 2 atom stereocenters. The first-order chi connectivity index (χ1) is 7.16. The zero-order chi connectivity index (χ0) is 11.5. The molecule has 0 rings (SSSR count). The molecule has 2 N–H and O–H groups in total. The van der Waals surface area contributed by atoms with Gasteiger partial charge in [0.05, 0.1) is 12.2 Å². The molecular formula is C13H22O2. The van der Waals surface area contributed by atoms with Crippen molar-refractivity contribution >= 4 is 0 Å². The highest BCUT2D eigenvalue weighted by Gasteiger charge is 1.98. The Morgan fingerprint density at radius 1 is 1.13 bits per heavy atom. The Hall–Kier alpha value is -0.860. The first kappa shape index (κ1) is 14.1. The number of allylic oxidation sites excluding steroid dienone is 3. The van der Waals surface area contributed by atoms with Crippen LogP contribution in [0.5, 0.6) is 0 Å². The molecule has 0 aliphatic carbocycles. The SMILES string of the molecule is C=C/C=C/CC(O)CC/C=C/CC(C)O. The van der Waals surface area contributed by atoms with E-state index in [1.54, 1.807) is 13.0 Å². The summed E-state index contributed by atoms with van der Waals surface area (Å²) in [6.07, 6.45) is 11.8. The van der Waals surface area contributed by atoms with E-state index in [0.29, 0.717) is 12.8 Å². The summed E-state index contributed by atoms with van der Waals surface area (Å²) in [6.45, 7) is 5.32. The summed E-state index contributed by atoms with van der Waals surface area (Å²) >= 11 is 0. The number of aliphatic hydroxyl groups excluding tert-OH is 2. The standard InChI is InChI=1S/C13H22O2/c1-3-4-6-10-13(15)11-8-5-7-9-12(2)14/h3-7,12-15H,1,8-11H2,2H3/b6-4+,7-5+. The highest BCUT2D eigenvalue weighted by Crippen LogP contribution is 2.04. The molecule has 0 spiro atoms. The van der Waals surface area contributed by atoms with Crippen molar-refractivity contribution in [3.8, 4) is 0 Å². The van der Waals surface area contributed by atoms with Gasteiger partial charge < -0.3 is 10.2 Å². The fraction of sp³-hybridized carbons (Fsp3) is 0.538. The third-order valence-corrected chi connectivity index (χ3v) is 1.99. The van der Waals surface area contributed by atoms with E-state index in [-0.39, 0.29) is 12.2 Å². The lowest BCUT2D eigenvalue weighted by molar-refractivity contribution is 0.169. The molecule has 0 aromatic heterocycles. The summed E-state index contributed by atoms with van der Waals surface area (Å²) in [5, 5.41) is 18.5. The summed E-state index contributed by atoms with van der Waals surface area (Å²) in [4.78, 5) is 0. The van der Waals surface area contributed by atoms with Gasteiger partial charge in [0, 0.05) is 0 Å². The van der Waals surface area contributed by atoms with Gasteiger partial charge >= 0.3 is 0 Å². The third kappa shape index (κ3) is 11.1. The van der Waals surface area contributed by atoms with Crippen LogP contribution in [0.25, 0.3) is 0 Å². The van der Waals surface area contributed by atoms with Crippen LogP contribution in [0, 0.1) is 0 Å². The van der Waals surface area contributed by atoms with Crippen molar-refractivity contribution in [3.63, 3.8) is 0 Å². The van der Waals surface area contributed by atoms with Crippen molar-refractivity contribution in [2.24, 2.45) is 0 Å². The normalized spacial score (nSPS) is 15.9. The van der Waals surface area contributed by atoms with Crippen LogP contribution in [0.15, 0.2) is 37.0 Å². The fourth-order valence-corrected chi connectivity index (χ4v) is 1.15. The van der Waals surface area contributed by atoms with E-state index in [1.807, 2.05) is 24.3 Å². The first-order valence-corrected chi connectivity index (χ1v) is 5.45. The van der Waals surface area contributed by atoms with Gasteiger partial charge in [0.2, 0.25) is 0 Å². The van der Waals surface area contributed by atoms with Crippen molar-refractivity contribution in [2.75, 3.05) is 0 Å². The monoisotopic (exact) mass is 210 g/mol. The Balaban J connectivity index is 3.45. The first-order valence-electron chi connectivity index (χ1n) is 5.45. The van der Waals surface area contributed by atoms with Gasteiger partial charge in [-0.05, 0) is 32.6 Å². The van der Waals surface area contributed by atoms with Crippen LogP contribution in [-0.4, -0.2) is 22.4 Å². The minimum absolute atomic E-state index is 0.276. The molecular weight excluding hydrogens is 188 g/mol. The van der Waals surface area contributed by atoms with Crippen LogP contribution in [0.3, 0.4) is 0 Å². The van der Waals surface area contributed by atoms with Gasteiger partial charge in [-0.15, -0.1) is 0 Å². The van der Waals surface area contributed by atoms with Gasteiger partial charge in [0.1, 0.15) is 0 Å². The number of hydrogen-bond acceptors (Lipinski definition) is 2. The molecule has 15 heavy (non-hydrogen) atoms. The molecule has 0 saturated heterocycles. The zero-order valence-corrected chi connectivity index (χ0v) is 9.47. The molecule has 0 radical (unpaired) electrons. The van der Waals surface area contributed by atoms with E-state index in [9.17, 15) is 5.11 Å². The summed E-state index contributed by atoms with van der Waals surface area (Å²) in [5.74, 6) is 0. The van der Waals surface area contributed by atoms with Crippen molar-refractivity contribution in [1.29, 1.82) is 0 Å². The zero-order valence-electron chi connectivity index (χ0n) is 9.47. The molecule has 0 saturated carbocycles. The molecule has 0 amide bonds. The van der Waals surface area contributed by atoms with Crippen molar-refractivity contribution in [1.82, 2.24) is 0 Å². The van der Waals surface area contributed by atoms with E-state index < -0.39 is 0 Å². The van der Waals surface area contributed by atoms with Crippen LogP contribution in [0.2, 0.25) is 0 Å². The molecule has 0 fully saturated rings. The Morgan fingerprint density at radius 2 is 1.87 bits per heavy atom. The smallest absolute Gasteiger partial charge is 0.0577 e. The summed E-state index contributed by atoms with van der Waals surface area (Å²) in [7, 11) is 0. The Labute approximate surface area is 92.6 Å². The molecule has 0 heterocycles. The van der Waals surface area contributed by atoms with E-state index in [1.165, 1.54) is 0 Å². The third-order valence-electron chi connectivity index (χ3n) is 1.99. The second kappa shape index (κ2) is 9.69. The second-order valence-corrected chi connectivity index (χ2v) is 3.69. The van der Waals surface area contributed by atoms with Gasteiger partial charge in [-0.2, -0.15) is 0 Å². The Morgan fingerprint density at radius 3 is 2.47 bits per heavy atom. The average Bonchev–Trinajstić information content (AvgIpc) is 2.17. The van der Waals surface area contributed by atoms with E-state index in [0.717, 1.165) is 12.8 Å². The van der Waals surface area contributed by atoms with E-state index in [4.69, 9.17) is 5.11 Å². The predicted molar refractivity (Wildman–Crippen MR) is 64.6 cm³/mol. The molecule has 0 bridgehead atoms. The minimum Gasteiger partial charge on any atom is -0.393 e. The maximum absolute atomic E-state index is 9.52. The van der Waals surface area contributed by atoms with Crippen LogP contribution in [0.1, 0.15) is 32.6 Å². The van der Waals surface area contributed by atoms with Crippen molar-refractivity contribution < 1.29 is 10.2 Å². The molecule has 0 aliphatic rings. The van der Waals surface area contributed by atoms with Gasteiger partial charge in [-0.3, -0.25) is 0 Å². The lowest BCUT2D eigenvalue weighted by Crippen LogP contribution is -2.03. The van der Waals surface area contributed by atoms with Crippen LogP contribution in [-0.2, 0) is 0 Å². The van der Waals surface area contributed by atoms with Gasteiger partial charge in [0.15, 0.2) is 0 Å². The maximum atomic E-state index is 9.52. The van der Waals surface area contributed by atoms with E-state index in [2.05, 4.69) is 6.58 Å². The largest absolute Gasteiger partial charge is 0.393 e. The topological polar surface area (TPSA) is 40.5 Å². The second-order valence-electron chi connectivity index (χ2n) is 3.69. The average molecular weight is 210 g/mol. The molecule has 86 valence electrons. The summed E-state index contributed by atoms with van der Waals surface area (Å²) in [6, 6.07) is 0. The highest BCUT2D eigenvalue weighted by molar-refractivity contribution is 4.98. The number of rotatable bonds is 8. The summed E-state index contributed by atoms with van der Waals surface area (Å²) in [5.41, 5.74) is 0. The summed E-state index contributed by atoms with van der Waals surface area (Å²) < 4.78 is 0. The van der Waals surface area contributed by atoms with Crippen LogP contribution in [0.4, 0.5) is 0 Å². The molecule has 0 aliphatic heterocycles. The van der Waals surface area contributed by atoms with Gasteiger partial charge in [0.25, 0.3) is 0 Å². The fourth-order valence-electron chi connectivity index (χ4n) is 1.15.